The normalized spacial score (nSPS) is 10.4. The number of halogens is 1. The summed E-state index contributed by atoms with van der Waals surface area (Å²) in [6.45, 7) is 4.18. The lowest BCUT2D eigenvalue weighted by Crippen LogP contribution is -2.18. The average Bonchev–Trinajstić information content (AvgIpc) is 3.10. The summed E-state index contributed by atoms with van der Waals surface area (Å²) >= 11 is 7.11. The van der Waals surface area contributed by atoms with E-state index >= 15 is 0 Å². The molecular formula is C21H20ClN5O2S. The van der Waals surface area contributed by atoms with Crippen molar-refractivity contribution in [2.45, 2.75) is 18.1 Å². The first-order valence-corrected chi connectivity index (χ1v) is 10.5. The van der Waals surface area contributed by atoms with E-state index in [0.29, 0.717) is 28.2 Å². The first-order chi connectivity index (χ1) is 14.5. The van der Waals surface area contributed by atoms with Gasteiger partial charge in [0, 0.05) is 22.9 Å². The lowest BCUT2D eigenvalue weighted by atomic mass is 10.3. The number of carbonyl (C=O) groups is 2. The molecule has 0 fully saturated rings. The zero-order valence-corrected chi connectivity index (χ0v) is 17.6. The molecule has 2 N–H and O–H groups in total. The summed E-state index contributed by atoms with van der Waals surface area (Å²) in [5.41, 5.74) is 1.38. The highest BCUT2D eigenvalue weighted by Gasteiger charge is 2.16. The van der Waals surface area contributed by atoms with Crippen LogP contribution in [0.4, 0.5) is 11.4 Å². The molecule has 0 radical (unpaired) electrons. The predicted molar refractivity (Wildman–Crippen MR) is 120 cm³/mol. The van der Waals surface area contributed by atoms with E-state index in [9.17, 15) is 9.59 Å². The molecule has 7 nitrogen and oxygen atoms in total. The second-order valence-electron chi connectivity index (χ2n) is 6.23. The van der Waals surface area contributed by atoms with Crippen molar-refractivity contribution < 1.29 is 9.59 Å². The number of para-hydroxylation sites is 1. The SMILES string of the molecule is C=CCn1c(CC(=O)Nc2ccc(Cl)cc2)nnc1SCC(=O)Nc1ccccc1. The molecule has 9 heteroatoms. The number of allylic oxidation sites excluding steroid dienone is 1. The third kappa shape index (κ3) is 6.20. The van der Waals surface area contributed by atoms with E-state index < -0.39 is 0 Å². The Morgan fingerprint density at radius 3 is 2.37 bits per heavy atom. The molecule has 1 heterocycles. The largest absolute Gasteiger partial charge is 0.326 e. The maximum Gasteiger partial charge on any atom is 0.234 e. The summed E-state index contributed by atoms with van der Waals surface area (Å²) in [4.78, 5) is 24.6. The van der Waals surface area contributed by atoms with E-state index in [2.05, 4.69) is 27.4 Å². The topological polar surface area (TPSA) is 88.9 Å². The highest BCUT2D eigenvalue weighted by atomic mass is 35.5. The molecule has 30 heavy (non-hydrogen) atoms. The van der Waals surface area contributed by atoms with Crippen LogP contribution in [0.3, 0.4) is 0 Å². The highest BCUT2D eigenvalue weighted by Crippen LogP contribution is 2.19. The van der Waals surface area contributed by atoms with Gasteiger partial charge in [0.05, 0.1) is 12.2 Å². The number of anilines is 2. The van der Waals surface area contributed by atoms with Gasteiger partial charge in [0.15, 0.2) is 5.16 Å². The molecular weight excluding hydrogens is 422 g/mol. The smallest absolute Gasteiger partial charge is 0.234 e. The number of amides is 2. The van der Waals surface area contributed by atoms with Crippen LogP contribution >= 0.6 is 23.4 Å². The minimum Gasteiger partial charge on any atom is -0.326 e. The first-order valence-electron chi connectivity index (χ1n) is 9.11. The molecule has 1 aromatic heterocycles. The van der Waals surface area contributed by atoms with Gasteiger partial charge >= 0.3 is 0 Å². The van der Waals surface area contributed by atoms with Crippen molar-refractivity contribution >= 4 is 46.6 Å². The maximum atomic E-state index is 12.4. The second-order valence-corrected chi connectivity index (χ2v) is 7.61. The van der Waals surface area contributed by atoms with Gasteiger partial charge in [0.2, 0.25) is 11.8 Å². The molecule has 0 saturated heterocycles. The zero-order valence-electron chi connectivity index (χ0n) is 16.0. The van der Waals surface area contributed by atoms with Crippen molar-refractivity contribution in [1.82, 2.24) is 14.8 Å². The van der Waals surface area contributed by atoms with Crippen molar-refractivity contribution in [3.8, 4) is 0 Å². The number of aromatic nitrogens is 3. The van der Waals surface area contributed by atoms with Gasteiger partial charge in [-0.25, -0.2) is 0 Å². The monoisotopic (exact) mass is 441 g/mol. The molecule has 0 bridgehead atoms. The molecule has 3 aromatic rings. The van der Waals surface area contributed by atoms with Crippen LogP contribution in [-0.2, 0) is 22.6 Å². The Balaban J connectivity index is 1.61. The van der Waals surface area contributed by atoms with Crippen molar-refractivity contribution in [3.63, 3.8) is 0 Å². The molecule has 154 valence electrons. The quantitative estimate of drug-likeness (QED) is 0.386. The van der Waals surface area contributed by atoms with Gasteiger partial charge in [-0.15, -0.1) is 16.8 Å². The molecule has 2 amide bonds. The molecule has 3 rings (SSSR count). The van der Waals surface area contributed by atoms with E-state index in [0.717, 1.165) is 5.69 Å². The van der Waals surface area contributed by atoms with Gasteiger partial charge in [0.25, 0.3) is 0 Å². The molecule has 0 saturated carbocycles. The van der Waals surface area contributed by atoms with E-state index in [1.54, 1.807) is 34.9 Å². The van der Waals surface area contributed by atoms with E-state index in [1.807, 2.05) is 30.3 Å². The number of rotatable bonds is 9. The first kappa shape index (κ1) is 21.6. The summed E-state index contributed by atoms with van der Waals surface area (Å²) in [7, 11) is 0. The Labute approximate surface area is 183 Å². The number of hydrogen-bond donors (Lipinski definition) is 2. The Morgan fingerprint density at radius 2 is 1.67 bits per heavy atom. The van der Waals surface area contributed by atoms with E-state index in [4.69, 9.17) is 11.6 Å². The van der Waals surface area contributed by atoms with E-state index in [-0.39, 0.29) is 24.0 Å². The summed E-state index contributed by atoms with van der Waals surface area (Å²) < 4.78 is 1.77. The lowest BCUT2D eigenvalue weighted by Gasteiger charge is -2.09. The second kappa shape index (κ2) is 10.6. The maximum absolute atomic E-state index is 12.4. The van der Waals surface area contributed by atoms with Crippen LogP contribution in [0.2, 0.25) is 5.02 Å². The van der Waals surface area contributed by atoms with Gasteiger partial charge in [0.1, 0.15) is 5.82 Å². The molecule has 0 atom stereocenters. The van der Waals surface area contributed by atoms with Crippen LogP contribution < -0.4 is 10.6 Å². The van der Waals surface area contributed by atoms with Crippen molar-refractivity contribution in [3.05, 3.63) is 78.1 Å². The molecule has 2 aromatic carbocycles. The molecule has 0 aliphatic heterocycles. The van der Waals surface area contributed by atoms with Crippen LogP contribution in [0.1, 0.15) is 5.82 Å². The molecule has 0 spiro atoms. The number of nitrogens with zero attached hydrogens (tertiary/aromatic N) is 3. The standard InChI is InChI=1S/C21H20ClN5O2S/c1-2-12-27-18(13-19(28)23-17-10-8-15(22)9-11-17)25-26-21(27)30-14-20(29)24-16-6-4-3-5-7-16/h2-11H,1,12-14H2,(H,23,28)(H,24,29). The van der Waals surface area contributed by atoms with Gasteiger partial charge in [-0.1, -0.05) is 47.6 Å². The molecule has 0 unspecified atom stereocenters. The van der Waals surface area contributed by atoms with E-state index in [1.165, 1.54) is 11.8 Å². The minimum atomic E-state index is -0.228. The Hall–Kier alpha value is -3.10. The van der Waals surface area contributed by atoms with Crippen molar-refractivity contribution in [1.29, 1.82) is 0 Å². The van der Waals surface area contributed by atoms with Crippen LogP contribution in [0.15, 0.2) is 72.4 Å². The summed E-state index contributed by atoms with van der Waals surface area (Å²) in [5.74, 6) is 0.281. The molecule has 0 aliphatic carbocycles. The fourth-order valence-corrected chi connectivity index (χ4v) is 3.49. The minimum absolute atomic E-state index is 0.0419. The predicted octanol–water partition coefficient (Wildman–Crippen LogP) is 4.03. The number of benzene rings is 2. The Kier molecular flexibility index (Phi) is 7.64. The van der Waals surface area contributed by atoms with Crippen LogP contribution in [0.5, 0.6) is 0 Å². The van der Waals surface area contributed by atoms with Crippen LogP contribution in [0, 0.1) is 0 Å². The third-order valence-corrected chi connectivity index (χ3v) is 5.16. The Bertz CT molecular complexity index is 1020. The van der Waals surface area contributed by atoms with Crippen LogP contribution in [-0.4, -0.2) is 32.3 Å². The van der Waals surface area contributed by atoms with Crippen molar-refractivity contribution in [2.75, 3.05) is 16.4 Å². The summed E-state index contributed by atoms with van der Waals surface area (Å²) in [5, 5.41) is 15.0. The van der Waals surface area contributed by atoms with Gasteiger partial charge in [-0.2, -0.15) is 0 Å². The summed E-state index contributed by atoms with van der Waals surface area (Å²) in [6, 6.07) is 16.1. The third-order valence-electron chi connectivity index (χ3n) is 3.94. The fraction of sp³-hybridized carbons (Fsp3) is 0.143. The average molecular weight is 442 g/mol. The van der Waals surface area contributed by atoms with Gasteiger partial charge in [-0.05, 0) is 36.4 Å². The van der Waals surface area contributed by atoms with Crippen molar-refractivity contribution in [2.24, 2.45) is 0 Å². The van der Waals surface area contributed by atoms with Gasteiger partial charge < -0.3 is 15.2 Å². The number of carbonyl (C=O) groups excluding carboxylic acids is 2. The number of thioether (sulfide) groups is 1. The zero-order chi connectivity index (χ0) is 21.3. The Morgan fingerprint density at radius 1 is 1.00 bits per heavy atom. The summed E-state index contributed by atoms with van der Waals surface area (Å²) in [6.07, 6.45) is 1.73. The molecule has 0 aliphatic rings. The number of hydrogen-bond acceptors (Lipinski definition) is 5. The van der Waals surface area contributed by atoms with Crippen LogP contribution in [0.25, 0.3) is 0 Å². The highest BCUT2D eigenvalue weighted by molar-refractivity contribution is 7.99. The fourth-order valence-electron chi connectivity index (χ4n) is 2.60. The lowest BCUT2D eigenvalue weighted by molar-refractivity contribution is -0.116. The number of nitrogens with one attached hydrogen (secondary N) is 2. The van der Waals surface area contributed by atoms with Gasteiger partial charge in [-0.3, -0.25) is 9.59 Å².